The first-order valence-electron chi connectivity index (χ1n) is 9.29. The maximum Gasteiger partial charge on any atom is 0.416 e. The van der Waals surface area contributed by atoms with Crippen LogP contribution in [0.5, 0.6) is 5.75 Å². The Hall–Kier alpha value is -3.54. The monoisotopic (exact) mass is 409 g/mol. The third kappa shape index (κ3) is 3.05. The second kappa shape index (κ2) is 7.06. The van der Waals surface area contributed by atoms with E-state index in [9.17, 15) is 23.1 Å². The lowest BCUT2D eigenvalue weighted by Crippen LogP contribution is -2.32. The summed E-state index contributed by atoms with van der Waals surface area (Å²) >= 11 is 0. The number of alkyl halides is 3. The molecule has 0 spiro atoms. The fourth-order valence-electron chi connectivity index (χ4n) is 3.97. The van der Waals surface area contributed by atoms with Crippen LogP contribution >= 0.6 is 0 Å². The number of para-hydroxylation sites is 1. The molecule has 3 aromatic carbocycles. The molecule has 0 saturated heterocycles. The molecule has 2 N–H and O–H groups in total. The van der Waals surface area contributed by atoms with E-state index in [0.717, 1.165) is 34.9 Å². The number of nitrogens with one attached hydrogen (secondary N) is 1. The average Bonchev–Trinajstić information content (AvgIpc) is 3.07. The van der Waals surface area contributed by atoms with Crippen LogP contribution in [0.3, 0.4) is 0 Å². The SMILES string of the molecule is Cc1c([C@@](C=O)(c2ccc(O)cc2)c2ccc(C(F)(F)F)cc2)[nH]c2ccccc12. The number of aryl methyl sites for hydroxylation is 1. The van der Waals surface area contributed by atoms with Crippen LogP contribution in [0.15, 0.2) is 72.8 Å². The number of aldehydes is 1. The third-order valence-electron chi connectivity index (χ3n) is 5.53. The van der Waals surface area contributed by atoms with Gasteiger partial charge in [0.1, 0.15) is 17.5 Å². The molecule has 0 unspecified atom stereocenters. The molecule has 1 heterocycles. The summed E-state index contributed by atoms with van der Waals surface area (Å²) in [5.74, 6) is 0.0272. The van der Waals surface area contributed by atoms with Crippen molar-refractivity contribution in [1.82, 2.24) is 4.98 Å². The molecule has 1 aromatic heterocycles. The maximum absolute atomic E-state index is 13.1. The molecule has 0 bridgehead atoms. The molecule has 0 radical (unpaired) electrons. The quantitative estimate of drug-likeness (QED) is 0.423. The lowest BCUT2D eigenvalue weighted by Gasteiger charge is -2.30. The van der Waals surface area contributed by atoms with E-state index >= 15 is 0 Å². The summed E-state index contributed by atoms with van der Waals surface area (Å²) in [5, 5.41) is 10.6. The molecule has 6 heteroatoms. The zero-order chi connectivity index (χ0) is 21.5. The molecule has 0 amide bonds. The number of phenolic OH excluding ortho intramolecular Hbond substituents is 1. The van der Waals surface area contributed by atoms with Gasteiger partial charge in [0.2, 0.25) is 0 Å². The van der Waals surface area contributed by atoms with Crippen molar-refractivity contribution in [2.75, 3.05) is 0 Å². The molecule has 0 aliphatic carbocycles. The number of halogens is 3. The summed E-state index contributed by atoms with van der Waals surface area (Å²) in [6, 6.07) is 18.3. The van der Waals surface area contributed by atoms with Gasteiger partial charge in [-0.1, -0.05) is 42.5 Å². The fraction of sp³-hybridized carbons (Fsp3) is 0.125. The Balaban J connectivity index is 2.03. The third-order valence-corrected chi connectivity index (χ3v) is 5.53. The van der Waals surface area contributed by atoms with Crippen molar-refractivity contribution < 1.29 is 23.1 Å². The molecule has 0 aliphatic heterocycles. The first-order valence-corrected chi connectivity index (χ1v) is 9.29. The number of hydrogen-bond donors (Lipinski definition) is 2. The lowest BCUT2D eigenvalue weighted by molar-refractivity contribution is -0.137. The van der Waals surface area contributed by atoms with Crippen LogP contribution in [0.2, 0.25) is 0 Å². The van der Waals surface area contributed by atoms with Gasteiger partial charge in [0.05, 0.1) is 5.56 Å². The van der Waals surface area contributed by atoms with Gasteiger partial charge in [-0.15, -0.1) is 0 Å². The number of aromatic nitrogens is 1. The van der Waals surface area contributed by atoms with Gasteiger partial charge >= 0.3 is 6.18 Å². The summed E-state index contributed by atoms with van der Waals surface area (Å²) in [5.41, 5.74) is 0.985. The Labute approximate surface area is 170 Å². The topological polar surface area (TPSA) is 53.1 Å². The highest BCUT2D eigenvalue weighted by Crippen LogP contribution is 2.42. The zero-order valence-corrected chi connectivity index (χ0v) is 16.0. The average molecular weight is 409 g/mol. The number of rotatable bonds is 4. The number of fused-ring (bicyclic) bond motifs is 1. The van der Waals surface area contributed by atoms with E-state index in [1.54, 1.807) is 12.1 Å². The Bertz CT molecular complexity index is 1210. The van der Waals surface area contributed by atoms with Crippen LogP contribution in [-0.4, -0.2) is 16.4 Å². The van der Waals surface area contributed by atoms with Gasteiger partial charge in [0.15, 0.2) is 0 Å². The molecule has 1 atom stereocenters. The number of carbonyl (C=O) groups excluding carboxylic acids is 1. The van der Waals surface area contributed by atoms with Gasteiger partial charge < -0.3 is 14.9 Å². The van der Waals surface area contributed by atoms with Crippen molar-refractivity contribution in [2.24, 2.45) is 0 Å². The molecule has 152 valence electrons. The molecule has 0 saturated carbocycles. The number of benzene rings is 3. The highest BCUT2D eigenvalue weighted by molar-refractivity contribution is 5.90. The van der Waals surface area contributed by atoms with E-state index in [1.807, 2.05) is 31.2 Å². The lowest BCUT2D eigenvalue weighted by atomic mass is 9.72. The predicted molar refractivity (Wildman–Crippen MR) is 109 cm³/mol. The molecular formula is C24H18F3NO2. The standard InChI is InChI=1S/C24H18F3NO2/c1-15-20-4-2-3-5-21(20)28-22(15)23(14-29,17-10-12-19(30)13-11-17)16-6-8-18(9-7-16)24(25,26)27/h2-14,28,30H,1H3/t23-/m1/s1. The summed E-state index contributed by atoms with van der Waals surface area (Å²) in [6.45, 7) is 1.87. The van der Waals surface area contributed by atoms with Crippen molar-refractivity contribution in [3.63, 3.8) is 0 Å². The number of aromatic amines is 1. The molecule has 0 fully saturated rings. The minimum absolute atomic E-state index is 0.0272. The second-order valence-corrected chi connectivity index (χ2v) is 7.22. The molecule has 3 nitrogen and oxygen atoms in total. The van der Waals surface area contributed by atoms with Crippen LogP contribution in [0.1, 0.15) is 27.9 Å². The normalized spacial score (nSPS) is 13.9. The molecular weight excluding hydrogens is 391 g/mol. The van der Waals surface area contributed by atoms with E-state index in [-0.39, 0.29) is 5.75 Å². The Morgan fingerprint density at radius 2 is 1.37 bits per heavy atom. The smallest absolute Gasteiger partial charge is 0.416 e. The predicted octanol–water partition coefficient (Wildman–Crippen LogP) is 5.73. The highest BCUT2D eigenvalue weighted by Gasteiger charge is 2.40. The van der Waals surface area contributed by atoms with Gasteiger partial charge in [0, 0.05) is 16.6 Å². The number of aromatic hydroxyl groups is 1. The van der Waals surface area contributed by atoms with Gasteiger partial charge in [-0.25, -0.2) is 0 Å². The van der Waals surface area contributed by atoms with Crippen molar-refractivity contribution in [1.29, 1.82) is 0 Å². The first-order chi connectivity index (χ1) is 14.3. The zero-order valence-electron chi connectivity index (χ0n) is 16.0. The summed E-state index contributed by atoms with van der Waals surface area (Å²) in [4.78, 5) is 16.0. The Morgan fingerprint density at radius 3 is 1.90 bits per heavy atom. The van der Waals surface area contributed by atoms with Crippen LogP contribution in [0.4, 0.5) is 13.2 Å². The maximum atomic E-state index is 13.1. The van der Waals surface area contributed by atoms with Crippen LogP contribution < -0.4 is 0 Å². The number of hydrogen-bond acceptors (Lipinski definition) is 2. The van der Waals surface area contributed by atoms with E-state index in [0.29, 0.717) is 16.8 Å². The molecule has 30 heavy (non-hydrogen) atoms. The number of H-pyrrole nitrogens is 1. The van der Waals surface area contributed by atoms with Crippen LogP contribution in [-0.2, 0) is 16.4 Å². The highest BCUT2D eigenvalue weighted by atomic mass is 19.4. The second-order valence-electron chi connectivity index (χ2n) is 7.22. The van der Waals surface area contributed by atoms with Gasteiger partial charge in [-0.3, -0.25) is 0 Å². The molecule has 4 aromatic rings. The summed E-state index contributed by atoms with van der Waals surface area (Å²) in [6.07, 6.45) is -3.74. The Kier molecular flexibility index (Phi) is 4.65. The van der Waals surface area contributed by atoms with Crippen molar-refractivity contribution in [3.8, 4) is 5.75 Å². The largest absolute Gasteiger partial charge is 0.508 e. The minimum atomic E-state index is -4.47. The fourth-order valence-corrected chi connectivity index (χ4v) is 3.97. The molecule has 4 rings (SSSR count). The van der Waals surface area contributed by atoms with Crippen LogP contribution in [0, 0.1) is 6.92 Å². The van der Waals surface area contributed by atoms with Crippen molar-refractivity contribution >= 4 is 17.2 Å². The van der Waals surface area contributed by atoms with E-state index < -0.39 is 17.2 Å². The van der Waals surface area contributed by atoms with Crippen molar-refractivity contribution in [2.45, 2.75) is 18.5 Å². The van der Waals surface area contributed by atoms with E-state index in [1.165, 1.54) is 24.3 Å². The van der Waals surface area contributed by atoms with Crippen LogP contribution in [0.25, 0.3) is 10.9 Å². The van der Waals surface area contributed by atoms with Gasteiger partial charge in [-0.2, -0.15) is 13.2 Å². The van der Waals surface area contributed by atoms with E-state index in [4.69, 9.17) is 0 Å². The minimum Gasteiger partial charge on any atom is -0.508 e. The van der Waals surface area contributed by atoms with Gasteiger partial charge in [-0.05, 0) is 53.9 Å². The number of phenols is 1. The molecule has 0 aliphatic rings. The van der Waals surface area contributed by atoms with Crippen molar-refractivity contribution in [3.05, 3.63) is 101 Å². The summed E-state index contributed by atoms with van der Waals surface area (Å²) in [7, 11) is 0. The Morgan fingerprint density at radius 1 is 0.833 bits per heavy atom. The van der Waals surface area contributed by atoms with Gasteiger partial charge in [0.25, 0.3) is 0 Å². The van der Waals surface area contributed by atoms with E-state index in [2.05, 4.69) is 4.98 Å². The first kappa shape index (κ1) is 19.8. The number of carbonyl (C=O) groups is 1. The summed E-state index contributed by atoms with van der Waals surface area (Å²) < 4.78 is 39.3.